The molecule has 2 rings (SSSR count). The highest BCUT2D eigenvalue weighted by molar-refractivity contribution is 7.08. The molecule has 1 aliphatic heterocycles. The van der Waals surface area contributed by atoms with E-state index in [0.29, 0.717) is 24.4 Å². The van der Waals surface area contributed by atoms with Crippen LogP contribution in [0.15, 0.2) is 0 Å². The molecule has 1 N–H and O–H groups in total. The van der Waals surface area contributed by atoms with Gasteiger partial charge < -0.3 is 10.0 Å². The first-order chi connectivity index (χ1) is 7.97. The van der Waals surface area contributed by atoms with Gasteiger partial charge in [0.05, 0.1) is 24.4 Å². The smallest absolute Gasteiger partial charge is 0.267 e. The molecule has 1 fully saturated rings. The summed E-state index contributed by atoms with van der Waals surface area (Å²) < 4.78 is 3.84. The topological polar surface area (TPSA) is 66.3 Å². The minimum atomic E-state index is -0.689. The number of amides is 1. The number of aromatic nitrogens is 2. The van der Waals surface area contributed by atoms with Gasteiger partial charge in [-0.3, -0.25) is 4.79 Å². The summed E-state index contributed by atoms with van der Waals surface area (Å²) in [6, 6.07) is 0. The highest BCUT2D eigenvalue weighted by Crippen LogP contribution is 2.28. The maximum Gasteiger partial charge on any atom is 0.267 e. The zero-order valence-electron chi connectivity index (χ0n) is 10.3. The third-order valence-electron chi connectivity index (χ3n) is 3.17. The number of hydrogen-bond acceptors (Lipinski definition) is 5. The molecule has 2 heterocycles. The Morgan fingerprint density at radius 3 is 2.76 bits per heavy atom. The molecule has 94 valence electrons. The molecule has 17 heavy (non-hydrogen) atoms. The van der Waals surface area contributed by atoms with E-state index in [4.69, 9.17) is 0 Å². The van der Waals surface area contributed by atoms with E-state index in [2.05, 4.69) is 9.59 Å². The number of carbonyl (C=O) groups excluding carboxylic acids is 1. The lowest BCUT2D eigenvalue weighted by Crippen LogP contribution is -2.63. The Bertz CT molecular complexity index is 424. The zero-order chi connectivity index (χ0) is 12.6. The molecule has 1 aromatic rings. The molecule has 0 atom stereocenters. The van der Waals surface area contributed by atoms with Crippen molar-refractivity contribution in [3.63, 3.8) is 0 Å². The lowest BCUT2D eigenvalue weighted by Gasteiger charge is -2.45. The summed E-state index contributed by atoms with van der Waals surface area (Å²) in [6.45, 7) is 6.74. The average molecular weight is 255 g/mol. The number of β-amino-alcohol motifs (C(OH)–C–C–N with tert-alkyl or cyclic N) is 1. The highest BCUT2D eigenvalue weighted by Gasteiger charge is 2.43. The van der Waals surface area contributed by atoms with Gasteiger partial charge >= 0.3 is 0 Å². The van der Waals surface area contributed by atoms with Gasteiger partial charge in [0.15, 0.2) is 0 Å². The third kappa shape index (κ3) is 2.19. The van der Waals surface area contributed by atoms with Crippen LogP contribution >= 0.6 is 11.5 Å². The predicted octanol–water partition coefficient (Wildman–Crippen LogP) is 1.26. The van der Waals surface area contributed by atoms with Crippen molar-refractivity contribution in [2.75, 3.05) is 13.1 Å². The Balaban J connectivity index is 2.09. The number of rotatable bonds is 3. The fourth-order valence-electron chi connectivity index (χ4n) is 1.90. The molecule has 0 spiro atoms. The molecule has 0 bridgehead atoms. The summed E-state index contributed by atoms with van der Waals surface area (Å²) in [5.74, 6) is 0.140. The standard InChI is InChI=1S/C11H17N3O2S/c1-4-11(16)5-14(6-11)10(15)9-8(7(2)3)12-13-17-9/h7,16H,4-6H2,1-3H3. The second-order valence-corrected chi connectivity index (χ2v) is 5.64. The lowest BCUT2D eigenvalue weighted by atomic mass is 9.91. The summed E-state index contributed by atoms with van der Waals surface area (Å²) in [7, 11) is 0. The zero-order valence-corrected chi connectivity index (χ0v) is 11.1. The van der Waals surface area contributed by atoms with Gasteiger partial charge in [0, 0.05) is 0 Å². The van der Waals surface area contributed by atoms with Crippen molar-refractivity contribution in [3.8, 4) is 0 Å². The first kappa shape index (κ1) is 12.4. The normalized spacial score (nSPS) is 18.3. The van der Waals surface area contributed by atoms with Gasteiger partial charge in [0.25, 0.3) is 5.91 Å². The molecule has 0 saturated carbocycles. The van der Waals surface area contributed by atoms with Gasteiger partial charge in [-0.05, 0) is 23.9 Å². The van der Waals surface area contributed by atoms with E-state index in [1.54, 1.807) is 4.90 Å². The highest BCUT2D eigenvalue weighted by atomic mass is 32.1. The third-order valence-corrected chi connectivity index (χ3v) is 3.90. The molecule has 1 aromatic heterocycles. The van der Waals surface area contributed by atoms with Crippen LogP contribution in [-0.2, 0) is 0 Å². The van der Waals surface area contributed by atoms with Crippen LogP contribution in [0.2, 0.25) is 0 Å². The molecule has 0 aliphatic carbocycles. The van der Waals surface area contributed by atoms with Gasteiger partial charge in [-0.2, -0.15) is 0 Å². The monoisotopic (exact) mass is 255 g/mol. The fraction of sp³-hybridized carbons (Fsp3) is 0.727. The van der Waals surface area contributed by atoms with Crippen molar-refractivity contribution in [1.82, 2.24) is 14.5 Å². The molecule has 6 heteroatoms. The summed E-state index contributed by atoms with van der Waals surface area (Å²) in [4.78, 5) is 14.4. The summed E-state index contributed by atoms with van der Waals surface area (Å²) in [6.07, 6.45) is 0.675. The SMILES string of the molecule is CCC1(O)CN(C(=O)c2snnc2C(C)C)C1. The Labute approximate surface area is 105 Å². The summed E-state index contributed by atoms with van der Waals surface area (Å²) >= 11 is 1.14. The predicted molar refractivity (Wildman–Crippen MR) is 65.1 cm³/mol. The van der Waals surface area contributed by atoms with Gasteiger partial charge in [0.2, 0.25) is 0 Å². The Kier molecular flexibility index (Phi) is 3.18. The molecule has 0 radical (unpaired) electrons. The number of likely N-dealkylation sites (tertiary alicyclic amines) is 1. The van der Waals surface area contributed by atoms with Crippen molar-refractivity contribution >= 4 is 17.4 Å². The first-order valence-electron chi connectivity index (χ1n) is 5.81. The quantitative estimate of drug-likeness (QED) is 0.883. The number of carbonyl (C=O) groups is 1. The van der Waals surface area contributed by atoms with Crippen LogP contribution in [0.25, 0.3) is 0 Å². The van der Waals surface area contributed by atoms with E-state index in [1.165, 1.54) is 0 Å². The second-order valence-electron chi connectivity index (χ2n) is 4.88. The Morgan fingerprint density at radius 1 is 1.59 bits per heavy atom. The van der Waals surface area contributed by atoms with E-state index in [1.807, 2.05) is 20.8 Å². The lowest BCUT2D eigenvalue weighted by molar-refractivity contribution is -0.0825. The largest absolute Gasteiger partial charge is 0.386 e. The van der Waals surface area contributed by atoms with Crippen molar-refractivity contribution in [3.05, 3.63) is 10.6 Å². The minimum absolute atomic E-state index is 0.0539. The Hall–Kier alpha value is -1.01. The molecule has 1 saturated heterocycles. The molecule has 1 aliphatic rings. The van der Waals surface area contributed by atoms with Crippen molar-refractivity contribution in [2.45, 2.75) is 38.7 Å². The van der Waals surface area contributed by atoms with Crippen LogP contribution < -0.4 is 0 Å². The van der Waals surface area contributed by atoms with Gasteiger partial charge in [-0.25, -0.2) is 0 Å². The van der Waals surface area contributed by atoms with Gasteiger partial charge in [-0.1, -0.05) is 25.3 Å². The minimum Gasteiger partial charge on any atom is -0.386 e. The number of hydrogen-bond donors (Lipinski definition) is 1. The van der Waals surface area contributed by atoms with E-state index >= 15 is 0 Å². The fourth-order valence-corrected chi connectivity index (χ4v) is 2.69. The molecule has 0 unspecified atom stereocenters. The van der Waals surface area contributed by atoms with Crippen molar-refractivity contribution in [2.24, 2.45) is 0 Å². The van der Waals surface area contributed by atoms with Crippen LogP contribution in [0.5, 0.6) is 0 Å². The van der Waals surface area contributed by atoms with E-state index < -0.39 is 5.60 Å². The maximum atomic E-state index is 12.2. The number of nitrogens with zero attached hydrogens (tertiary/aromatic N) is 3. The molecular weight excluding hydrogens is 238 g/mol. The number of aliphatic hydroxyl groups is 1. The van der Waals surface area contributed by atoms with Gasteiger partial charge in [0.1, 0.15) is 4.88 Å². The molecule has 1 amide bonds. The van der Waals surface area contributed by atoms with Gasteiger partial charge in [-0.15, -0.1) is 5.10 Å². The van der Waals surface area contributed by atoms with Crippen LogP contribution in [0.1, 0.15) is 48.5 Å². The summed E-state index contributed by atoms with van der Waals surface area (Å²) in [5, 5.41) is 13.9. The summed E-state index contributed by atoms with van der Waals surface area (Å²) in [5.41, 5.74) is 0.0677. The van der Waals surface area contributed by atoms with Crippen molar-refractivity contribution < 1.29 is 9.90 Å². The van der Waals surface area contributed by atoms with Crippen LogP contribution in [0.3, 0.4) is 0 Å². The second kappa shape index (κ2) is 4.34. The molecule has 5 nitrogen and oxygen atoms in total. The molecule has 0 aromatic carbocycles. The van der Waals surface area contributed by atoms with Crippen molar-refractivity contribution in [1.29, 1.82) is 0 Å². The molecular formula is C11H17N3O2S. The average Bonchev–Trinajstić information content (AvgIpc) is 2.72. The first-order valence-corrected chi connectivity index (χ1v) is 6.58. The maximum absolute atomic E-state index is 12.2. The van der Waals surface area contributed by atoms with E-state index in [0.717, 1.165) is 17.2 Å². The van der Waals surface area contributed by atoms with Crippen LogP contribution in [-0.4, -0.2) is 44.2 Å². The Morgan fingerprint density at radius 2 is 2.24 bits per heavy atom. The van der Waals surface area contributed by atoms with Crippen LogP contribution in [0, 0.1) is 0 Å². The van der Waals surface area contributed by atoms with E-state index in [-0.39, 0.29) is 11.8 Å². The van der Waals surface area contributed by atoms with Crippen LogP contribution in [0.4, 0.5) is 0 Å². The van der Waals surface area contributed by atoms with E-state index in [9.17, 15) is 9.90 Å².